The van der Waals surface area contributed by atoms with E-state index in [0.29, 0.717) is 0 Å². The molecule has 0 amide bonds. The number of furan rings is 1. The molecule has 0 aliphatic heterocycles. The molecule has 1 aromatic rings. The zero-order valence-corrected chi connectivity index (χ0v) is 7.79. The zero-order valence-electron chi connectivity index (χ0n) is 7.79. The van der Waals surface area contributed by atoms with E-state index >= 15 is 0 Å². The topological polar surface area (TPSA) is 39.2 Å². The highest BCUT2D eigenvalue weighted by Gasteiger charge is 2.07. The molecule has 1 unspecified atom stereocenters. The number of hydrogen-bond acceptors (Lipinski definition) is 2. The van der Waals surface area contributed by atoms with Crippen molar-refractivity contribution in [2.75, 3.05) is 0 Å². The molecule has 0 fully saturated rings. The Morgan fingerprint density at radius 2 is 2.17 bits per heavy atom. The van der Waals surface area contributed by atoms with Crippen molar-refractivity contribution in [2.24, 2.45) is 11.7 Å². The fourth-order valence-corrected chi connectivity index (χ4v) is 1.17. The van der Waals surface area contributed by atoms with E-state index in [9.17, 15) is 0 Å². The molecule has 2 nitrogen and oxygen atoms in total. The van der Waals surface area contributed by atoms with Gasteiger partial charge in [-0.05, 0) is 24.8 Å². The first-order valence-electron chi connectivity index (χ1n) is 4.48. The minimum absolute atomic E-state index is 0.145. The molecule has 1 atom stereocenters. The standard InChI is InChI=1S/C10H17NO/c1-8(2)3-4-10(11)9-5-6-12-7-9/h5-8,10H,3-4,11H2,1-2H3. The van der Waals surface area contributed by atoms with Gasteiger partial charge >= 0.3 is 0 Å². The van der Waals surface area contributed by atoms with Gasteiger partial charge in [0.1, 0.15) is 0 Å². The monoisotopic (exact) mass is 167 g/mol. The SMILES string of the molecule is CC(C)CCC(N)c1ccoc1. The molecule has 0 aliphatic carbocycles. The summed E-state index contributed by atoms with van der Waals surface area (Å²) in [5.41, 5.74) is 7.03. The van der Waals surface area contributed by atoms with Crippen molar-refractivity contribution < 1.29 is 4.42 Å². The van der Waals surface area contributed by atoms with Gasteiger partial charge in [0.25, 0.3) is 0 Å². The molecule has 2 heteroatoms. The lowest BCUT2D eigenvalue weighted by molar-refractivity contribution is 0.500. The van der Waals surface area contributed by atoms with Crippen LogP contribution in [0.3, 0.4) is 0 Å². The molecule has 0 saturated carbocycles. The lowest BCUT2D eigenvalue weighted by atomic mass is 10.0. The Balaban J connectivity index is 2.34. The second-order valence-corrected chi connectivity index (χ2v) is 3.63. The summed E-state index contributed by atoms with van der Waals surface area (Å²) < 4.78 is 4.96. The molecular weight excluding hydrogens is 150 g/mol. The molecule has 0 aromatic carbocycles. The minimum Gasteiger partial charge on any atom is -0.472 e. The van der Waals surface area contributed by atoms with Gasteiger partial charge < -0.3 is 10.2 Å². The first-order valence-corrected chi connectivity index (χ1v) is 4.48. The van der Waals surface area contributed by atoms with Crippen LogP contribution in [0.25, 0.3) is 0 Å². The predicted molar refractivity (Wildman–Crippen MR) is 49.7 cm³/mol. The largest absolute Gasteiger partial charge is 0.472 e. The maximum absolute atomic E-state index is 5.93. The van der Waals surface area contributed by atoms with Gasteiger partial charge in [-0.15, -0.1) is 0 Å². The van der Waals surface area contributed by atoms with Crippen LogP contribution < -0.4 is 5.73 Å². The van der Waals surface area contributed by atoms with Gasteiger partial charge in [-0.1, -0.05) is 13.8 Å². The second-order valence-electron chi connectivity index (χ2n) is 3.63. The van der Waals surface area contributed by atoms with Crippen molar-refractivity contribution in [3.8, 4) is 0 Å². The van der Waals surface area contributed by atoms with E-state index in [4.69, 9.17) is 10.2 Å². The highest BCUT2D eigenvalue weighted by Crippen LogP contribution is 2.18. The van der Waals surface area contributed by atoms with Crippen molar-refractivity contribution in [3.05, 3.63) is 24.2 Å². The molecule has 0 aliphatic rings. The third-order valence-electron chi connectivity index (χ3n) is 2.03. The summed E-state index contributed by atoms with van der Waals surface area (Å²) in [5.74, 6) is 0.725. The van der Waals surface area contributed by atoms with Gasteiger partial charge in [0.15, 0.2) is 0 Å². The molecule has 1 heterocycles. The van der Waals surface area contributed by atoms with Gasteiger partial charge in [0.05, 0.1) is 12.5 Å². The molecule has 0 spiro atoms. The smallest absolute Gasteiger partial charge is 0.0950 e. The number of hydrogen-bond donors (Lipinski definition) is 1. The Hall–Kier alpha value is -0.760. The van der Waals surface area contributed by atoms with Crippen LogP contribution in [-0.4, -0.2) is 0 Å². The van der Waals surface area contributed by atoms with Crippen molar-refractivity contribution in [1.82, 2.24) is 0 Å². The van der Waals surface area contributed by atoms with Crippen molar-refractivity contribution in [2.45, 2.75) is 32.7 Å². The average Bonchev–Trinajstić information content (AvgIpc) is 2.51. The molecule has 1 aromatic heterocycles. The molecule has 0 bridgehead atoms. The summed E-state index contributed by atoms with van der Waals surface area (Å²) in [6.45, 7) is 4.42. The summed E-state index contributed by atoms with van der Waals surface area (Å²) >= 11 is 0. The molecular formula is C10H17NO. The van der Waals surface area contributed by atoms with E-state index < -0.39 is 0 Å². The van der Waals surface area contributed by atoms with Gasteiger partial charge in [-0.2, -0.15) is 0 Å². The molecule has 0 saturated heterocycles. The molecule has 12 heavy (non-hydrogen) atoms. The summed E-state index contributed by atoms with van der Waals surface area (Å²) in [6, 6.07) is 2.08. The van der Waals surface area contributed by atoms with E-state index in [1.807, 2.05) is 6.07 Å². The normalized spacial score (nSPS) is 13.7. The quantitative estimate of drug-likeness (QED) is 0.748. The summed E-state index contributed by atoms with van der Waals surface area (Å²) in [4.78, 5) is 0. The maximum Gasteiger partial charge on any atom is 0.0950 e. The fourth-order valence-electron chi connectivity index (χ4n) is 1.17. The Labute approximate surface area is 73.8 Å². The van der Waals surface area contributed by atoms with E-state index in [2.05, 4.69) is 13.8 Å². The first-order chi connectivity index (χ1) is 5.70. The predicted octanol–water partition coefficient (Wildman–Crippen LogP) is 2.72. The van der Waals surface area contributed by atoms with Crippen molar-refractivity contribution >= 4 is 0 Å². The van der Waals surface area contributed by atoms with Crippen LogP contribution in [-0.2, 0) is 0 Å². The first kappa shape index (κ1) is 9.33. The van der Waals surface area contributed by atoms with E-state index in [-0.39, 0.29) is 6.04 Å². The van der Waals surface area contributed by atoms with Gasteiger partial charge in [-0.25, -0.2) is 0 Å². The summed E-state index contributed by atoms with van der Waals surface area (Å²) in [7, 11) is 0. The van der Waals surface area contributed by atoms with Crippen LogP contribution in [0.5, 0.6) is 0 Å². The van der Waals surface area contributed by atoms with Crippen LogP contribution in [0.4, 0.5) is 0 Å². The summed E-state index contributed by atoms with van der Waals surface area (Å²) in [5, 5.41) is 0. The van der Waals surface area contributed by atoms with Crippen LogP contribution in [0, 0.1) is 5.92 Å². The van der Waals surface area contributed by atoms with E-state index in [1.54, 1.807) is 12.5 Å². The molecule has 0 radical (unpaired) electrons. The fraction of sp³-hybridized carbons (Fsp3) is 0.600. The second kappa shape index (κ2) is 4.31. The average molecular weight is 167 g/mol. The third kappa shape index (κ3) is 2.70. The van der Waals surface area contributed by atoms with Crippen LogP contribution in [0.2, 0.25) is 0 Å². The molecule has 2 N–H and O–H groups in total. The molecule has 1 rings (SSSR count). The van der Waals surface area contributed by atoms with Crippen LogP contribution >= 0.6 is 0 Å². The Bertz CT molecular complexity index is 204. The van der Waals surface area contributed by atoms with Crippen LogP contribution in [0.1, 0.15) is 38.3 Å². The maximum atomic E-state index is 5.93. The van der Waals surface area contributed by atoms with Gasteiger partial charge in [0, 0.05) is 11.6 Å². The Morgan fingerprint density at radius 3 is 2.67 bits per heavy atom. The highest BCUT2D eigenvalue weighted by molar-refractivity contribution is 5.10. The lowest BCUT2D eigenvalue weighted by Crippen LogP contribution is -2.10. The minimum atomic E-state index is 0.145. The third-order valence-corrected chi connectivity index (χ3v) is 2.03. The van der Waals surface area contributed by atoms with Crippen LogP contribution in [0.15, 0.2) is 23.0 Å². The van der Waals surface area contributed by atoms with E-state index in [1.165, 1.54) is 6.42 Å². The highest BCUT2D eigenvalue weighted by atomic mass is 16.3. The Kier molecular flexibility index (Phi) is 3.35. The lowest BCUT2D eigenvalue weighted by Gasteiger charge is -2.10. The zero-order chi connectivity index (χ0) is 8.97. The van der Waals surface area contributed by atoms with Gasteiger partial charge in [-0.3, -0.25) is 0 Å². The Morgan fingerprint density at radius 1 is 1.42 bits per heavy atom. The van der Waals surface area contributed by atoms with Gasteiger partial charge in [0.2, 0.25) is 0 Å². The van der Waals surface area contributed by atoms with E-state index in [0.717, 1.165) is 17.9 Å². The number of nitrogens with two attached hydrogens (primary N) is 1. The molecule has 68 valence electrons. The van der Waals surface area contributed by atoms with Crippen molar-refractivity contribution in [3.63, 3.8) is 0 Å². The summed E-state index contributed by atoms with van der Waals surface area (Å²) in [6.07, 6.45) is 5.61. The van der Waals surface area contributed by atoms with Crippen molar-refractivity contribution in [1.29, 1.82) is 0 Å². The number of rotatable bonds is 4.